The van der Waals surface area contributed by atoms with Gasteiger partial charge < -0.3 is 9.73 Å². The maximum Gasteiger partial charge on any atom is 0.324 e. The van der Waals surface area contributed by atoms with E-state index in [-0.39, 0.29) is 6.03 Å². The van der Waals surface area contributed by atoms with E-state index in [2.05, 4.69) is 27.1 Å². The predicted molar refractivity (Wildman–Crippen MR) is 89.4 cm³/mol. The Morgan fingerprint density at radius 1 is 1.29 bits per heavy atom. The number of urea groups is 1. The van der Waals surface area contributed by atoms with E-state index >= 15 is 0 Å². The summed E-state index contributed by atoms with van der Waals surface area (Å²) in [6.07, 6.45) is 2.62. The van der Waals surface area contributed by atoms with Gasteiger partial charge in [0.2, 0.25) is 0 Å². The van der Waals surface area contributed by atoms with Crippen LogP contribution in [0.15, 0.2) is 16.5 Å². The van der Waals surface area contributed by atoms with Gasteiger partial charge in [-0.25, -0.2) is 4.79 Å². The summed E-state index contributed by atoms with van der Waals surface area (Å²) in [6, 6.07) is 4.02. The molecule has 118 valence electrons. The quantitative estimate of drug-likeness (QED) is 0.567. The molecule has 2 amide bonds. The summed E-state index contributed by atoms with van der Waals surface area (Å²) in [5, 5.41) is 2.52. The van der Waals surface area contributed by atoms with Crippen LogP contribution in [0, 0.1) is 0 Å². The molecule has 0 atom stereocenters. The first-order chi connectivity index (χ1) is 10.3. The van der Waals surface area contributed by atoms with Crippen LogP contribution in [0.25, 0.3) is 0 Å². The van der Waals surface area contributed by atoms with Crippen LogP contribution in [0.3, 0.4) is 0 Å². The lowest BCUT2D eigenvalue weighted by molar-refractivity contribution is 0.248. The van der Waals surface area contributed by atoms with Crippen LogP contribution in [0.2, 0.25) is 0 Å². The van der Waals surface area contributed by atoms with Gasteiger partial charge in [0.1, 0.15) is 11.5 Å². The topological polar surface area (TPSA) is 57.5 Å². The fourth-order valence-corrected chi connectivity index (χ4v) is 3.83. The van der Waals surface area contributed by atoms with Gasteiger partial charge in [0.15, 0.2) is 0 Å². The minimum Gasteiger partial charge on any atom is -0.464 e. The van der Waals surface area contributed by atoms with Gasteiger partial charge in [-0.1, -0.05) is 0 Å². The number of thioether (sulfide) groups is 1. The lowest BCUT2D eigenvalue weighted by Crippen LogP contribution is -2.27. The molecular weight excluding hydrogens is 306 g/mol. The number of carbonyl (C=O) groups is 1. The summed E-state index contributed by atoms with van der Waals surface area (Å²) in [5.41, 5.74) is 0. The van der Waals surface area contributed by atoms with Crippen LogP contribution < -0.4 is 10.0 Å². The number of furan rings is 1. The molecule has 2 N–H and O–H groups in total. The van der Waals surface area contributed by atoms with E-state index in [1.54, 1.807) is 7.05 Å². The molecule has 1 aromatic rings. The number of rotatable bonds is 8. The minimum atomic E-state index is -0.150. The summed E-state index contributed by atoms with van der Waals surface area (Å²) in [5.74, 6) is 4.87. The van der Waals surface area contributed by atoms with Crippen molar-refractivity contribution in [1.29, 1.82) is 0 Å². The van der Waals surface area contributed by atoms with Gasteiger partial charge in [-0.3, -0.25) is 9.62 Å². The molecule has 1 fully saturated rings. The Balaban J connectivity index is 1.56. The Bertz CT molecular complexity index is 434. The van der Waals surface area contributed by atoms with Crippen molar-refractivity contribution < 1.29 is 9.21 Å². The zero-order chi connectivity index (χ0) is 14.9. The van der Waals surface area contributed by atoms with Crippen molar-refractivity contribution in [3.8, 4) is 0 Å². The van der Waals surface area contributed by atoms with Crippen molar-refractivity contribution in [2.45, 2.75) is 25.1 Å². The van der Waals surface area contributed by atoms with E-state index in [0.717, 1.165) is 35.3 Å². The number of nitrogens with zero attached hydrogens (tertiary/aromatic N) is 1. The molecule has 0 aromatic carbocycles. The molecule has 0 unspecified atom stereocenters. The van der Waals surface area contributed by atoms with Crippen LogP contribution in [0.5, 0.6) is 0 Å². The number of nitrogens with one attached hydrogen (secondary N) is 2. The molecule has 0 aliphatic carbocycles. The van der Waals surface area contributed by atoms with Crippen molar-refractivity contribution in [2.75, 3.05) is 31.6 Å². The highest BCUT2D eigenvalue weighted by Gasteiger charge is 2.13. The smallest absolute Gasteiger partial charge is 0.324 e. The summed E-state index contributed by atoms with van der Waals surface area (Å²) in [4.78, 5) is 13.4. The molecule has 1 aromatic heterocycles. The van der Waals surface area contributed by atoms with Crippen LogP contribution in [0.1, 0.15) is 24.4 Å². The van der Waals surface area contributed by atoms with Crippen molar-refractivity contribution >= 4 is 29.7 Å². The molecule has 5 nitrogen and oxygen atoms in total. The molecule has 0 radical (unpaired) electrons. The molecule has 7 heteroatoms. The Morgan fingerprint density at radius 3 is 2.81 bits per heavy atom. The van der Waals surface area contributed by atoms with Crippen molar-refractivity contribution in [1.82, 2.24) is 14.9 Å². The Kier molecular flexibility index (Phi) is 7.32. The van der Waals surface area contributed by atoms with Gasteiger partial charge in [0, 0.05) is 18.6 Å². The first-order valence-electron chi connectivity index (χ1n) is 7.25. The average Bonchev–Trinajstić information content (AvgIpc) is 3.15. The zero-order valence-electron chi connectivity index (χ0n) is 12.4. The molecule has 1 saturated heterocycles. The predicted octanol–water partition coefficient (Wildman–Crippen LogP) is 2.69. The van der Waals surface area contributed by atoms with E-state index in [1.807, 2.05) is 11.8 Å². The molecule has 0 spiro atoms. The molecule has 2 heterocycles. The summed E-state index contributed by atoms with van der Waals surface area (Å²) < 4.78 is 8.56. The van der Waals surface area contributed by atoms with E-state index in [0.29, 0.717) is 0 Å². The molecule has 0 bridgehead atoms. The fourth-order valence-electron chi connectivity index (χ4n) is 2.19. The second-order valence-electron chi connectivity index (χ2n) is 4.93. The van der Waals surface area contributed by atoms with Crippen LogP contribution in [-0.4, -0.2) is 42.6 Å². The maximum atomic E-state index is 10.9. The van der Waals surface area contributed by atoms with Gasteiger partial charge in [-0.15, -0.1) is 0 Å². The highest BCUT2D eigenvalue weighted by molar-refractivity contribution is 8.01. The monoisotopic (exact) mass is 329 g/mol. The minimum absolute atomic E-state index is 0.150. The third kappa shape index (κ3) is 6.23. The van der Waals surface area contributed by atoms with Crippen molar-refractivity contribution in [2.24, 2.45) is 0 Å². The summed E-state index contributed by atoms with van der Waals surface area (Å²) in [6.45, 7) is 3.33. The first-order valence-corrected chi connectivity index (χ1v) is 9.39. The van der Waals surface area contributed by atoms with Gasteiger partial charge in [-0.05, 0) is 50.0 Å². The second-order valence-corrected chi connectivity index (χ2v) is 6.94. The summed E-state index contributed by atoms with van der Waals surface area (Å²) >= 11 is 3.25. The van der Waals surface area contributed by atoms with Crippen LogP contribution >= 0.6 is 23.7 Å². The van der Waals surface area contributed by atoms with Gasteiger partial charge in [0.05, 0.1) is 12.3 Å². The number of likely N-dealkylation sites (tertiary alicyclic amines) is 1. The molecular formula is C14H23N3O2S2. The Morgan fingerprint density at radius 2 is 2.05 bits per heavy atom. The number of carbonyl (C=O) groups excluding carboxylic acids is 1. The molecule has 21 heavy (non-hydrogen) atoms. The lowest BCUT2D eigenvalue weighted by atomic mass is 10.4. The first kappa shape index (κ1) is 16.6. The SMILES string of the molecule is CNC(=O)NSCCSCc1ccc(CN2CCCC2)o1. The van der Waals surface area contributed by atoms with Gasteiger partial charge in [-0.2, -0.15) is 11.8 Å². The van der Waals surface area contributed by atoms with Crippen molar-refractivity contribution in [3.05, 3.63) is 23.7 Å². The highest BCUT2D eigenvalue weighted by Crippen LogP contribution is 2.19. The second kappa shape index (κ2) is 9.27. The lowest BCUT2D eigenvalue weighted by Gasteiger charge is -2.11. The molecule has 1 aliphatic rings. The van der Waals surface area contributed by atoms with E-state index < -0.39 is 0 Å². The van der Waals surface area contributed by atoms with E-state index in [4.69, 9.17) is 4.42 Å². The number of hydrogen-bond acceptors (Lipinski definition) is 5. The average molecular weight is 329 g/mol. The normalized spacial score (nSPS) is 15.3. The largest absolute Gasteiger partial charge is 0.464 e. The standard InChI is InChI=1S/C14H23N3O2S2/c1-15-14(18)16-21-9-8-20-11-13-5-4-12(19-13)10-17-6-2-3-7-17/h4-5H,2-3,6-11H2,1H3,(H2,15,16,18). The molecule has 2 rings (SSSR count). The fraction of sp³-hybridized carbons (Fsp3) is 0.643. The van der Waals surface area contributed by atoms with Gasteiger partial charge >= 0.3 is 6.03 Å². The van der Waals surface area contributed by atoms with E-state index in [9.17, 15) is 4.79 Å². The third-order valence-electron chi connectivity index (χ3n) is 3.26. The number of hydrogen-bond donors (Lipinski definition) is 2. The highest BCUT2D eigenvalue weighted by atomic mass is 32.2. The number of amides is 2. The Hall–Kier alpha value is -0.790. The summed E-state index contributed by atoms with van der Waals surface area (Å²) in [7, 11) is 1.61. The zero-order valence-corrected chi connectivity index (χ0v) is 14.0. The molecule has 0 saturated carbocycles. The Labute approximate surface area is 134 Å². The third-order valence-corrected chi connectivity index (χ3v) is 5.24. The molecule has 1 aliphatic heterocycles. The van der Waals surface area contributed by atoms with Crippen molar-refractivity contribution in [3.63, 3.8) is 0 Å². The van der Waals surface area contributed by atoms with E-state index in [1.165, 1.54) is 37.9 Å². The van der Waals surface area contributed by atoms with Crippen LogP contribution in [0.4, 0.5) is 4.79 Å². The van der Waals surface area contributed by atoms with Gasteiger partial charge in [0.25, 0.3) is 0 Å². The maximum absolute atomic E-state index is 10.9. The van der Waals surface area contributed by atoms with Crippen LogP contribution in [-0.2, 0) is 12.3 Å².